The molecular weight excluding hydrogens is 258 g/mol. The Labute approximate surface area is 119 Å². The van der Waals surface area contributed by atoms with Gasteiger partial charge in [-0.05, 0) is 49.9 Å². The fourth-order valence-electron chi connectivity index (χ4n) is 2.03. The Morgan fingerprint density at radius 1 is 1.21 bits per heavy atom. The number of hydrogen-bond acceptors (Lipinski definition) is 3. The molecule has 2 rings (SSSR count). The molecule has 0 radical (unpaired) electrons. The van der Waals surface area contributed by atoms with Crippen LogP contribution in [-0.4, -0.2) is 16.9 Å². The lowest BCUT2D eigenvalue weighted by molar-refractivity contribution is 0.315. The zero-order valence-corrected chi connectivity index (χ0v) is 12.0. The Hall–Kier alpha value is -1.58. The molecule has 0 saturated carbocycles. The molecule has 0 aliphatic rings. The summed E-state index contributed by atoms with van der Waals surface area (Å²) in [4.78, 5) is 6.66. The highest BCUT2D eigenvalue weighted by molar-refractivity contribution is 6.31. The molecule has 4 heteroatoms. The average molecular weight is 276 g/mol. The fourth-order valence-corrected chi connectivity index (χ4v) is 2.20. The maximum absolute atomic E-state index is 6.17. The number of pyridine rings is 1. The lowest BCUT2D eigenvalue weighted by Crippen LogP contribution is -2.18. The molecular formula is C15H18ClN3. The quantitative estimate of drug-likeness (QED) is 0.871. The second kappa shape index (κ2) is 6.04. The summed E-state index contributed by atoms with van der Waals surface area (Å²) in [5, 5.41) is 0.748. The van der Waals surface area contributed by atoms with Crippen LogP contribution in [0.1, 0.15) is 17.0 Å². The number of aryl methyl sites for hydroxylation is 1. The van der Waals surface area contributed by atoms with E-state index in [9.17, 15) is 0 Å². The Bertz CT molecular complexity index is 569. The molecule has 1 aromatic heterocycles. The molecule has 100 valence electrons. The summed E-state index contributed by atoms with van der Waals surface area (Å²) in [6, 6.07) is 11.6. The Kier molecular flexibility index (Phi) is 4.40. The van der Waals surface area contributed by atoms with Gasteiger partial charge in [-0.2, -0.15) is 0 Å². The van der Waals surface area contributed by atoms with Crippen molar-refractivity contribution in [2.75, 3.05) is 12.8 Å². The SMILES string of the molecule is Cc1cccc(CN(C)Cc2cc(N)ccc2Cl)n1. The largest absolute Gasteiger partial charge is 0.399 e. The number of hydrogen-bond donors (Lipinski definition) is 1. The summed E-state index contributed by atoms with van der Waals surface area (Å²) < 4.78 is 0. The van der Waals surface area contributed by atoms with E-state index in [0.717, 1.165) is 40.8 Å². The summed E-state index contributed by atoms with van der Waals surface area (Å²) in [7, 11) is 2.05. The summed E-state index contributed by atoms with van der Waals surface area (Å²) in [5.41, 5.74) is 9.66. The molecule has 0 bridgehead atoms. The minimum atomic E-state index is 0.737. The summed E-state index contributed by atoms with van der Waals surface area (Å²) in [6.07, 6.45) is 0. The minimum Gasteiger partial charge on any atom is -0.399 e. The number of rotatable bonds is 4. The molecule has 0 aliphatic heterocycles. The molecule has 3 nitrogen and oxygen atoms in total. The third kappa shape index (κ3) is 3.94. The monoisotopic (exact) mass is 275 g/mol. The second-order valence-electron chi connectivity index (χ2n) is 4.79. The third-order valence-electron chi connectivity index (χ3n) is 2.89. The molecule has 0 saturated heterocycles. The number of nitrogens with zero attached hydrogens (tertiary/aromatic N) is 2. The molecule has 1 aromatic carbocycles. The fraction of sp³-hybridized carbons (Fsp3) is 0.267. The van der Waals surface area contributed by atoms with Crippen LogP contribution in [0.15, 0.2) is 36.4 Å². The lowest BCUT2D eigenvalue weighted by atomic mass is 10.2. The smallest absolute Gasteiger partial charge is 0.0547 e. The first kappa shape index (κ1) is 13.8. The highest BCUT2D eigenvalue weighted by Gasteiger charge is 2.06. The number of aromatic nitrogens is 1. The molecule has 19 heavy (non-hydrogen) atoms. The standard InChI is InChI=1S/C15H18ClN3/c1-11-4-3-5-14(18-11)10-19(2)9-12-8-13(17)6-7-15(12)16/h3-8H,9-10,17H2,1-2H3. The highest BCUT2D eigenvalue weighted by atomic mass is 35.5. The van der Waals surface area contributed by atoms with Gasteiger partial charge < -0.3 is 5.73 Å². The van der Waals surface area contributed by atoms with Crippen LogP contribution in [0.4, 0.5) is 5.69 Å². The number of nitrogens with two attached hydrogens (primary N) is 1. The van der Waals surface area contributed by atoms with Crippen molar-refractivity contribution in [2.45, 2.75) is 20.0 Å². The van der Waals surface area contributed by atoms with E-state index in [2.05, 4.69) is 9.88 Å². The number of anilines is 1. The van der Waals surface area contributed by atoms with Gasteiger partial charge in [0, 0.05) is 29.5 Å². The number of nitrogen functional groups attached to an aromatic ring is 1. The van der Waals surface area contributed by atoms with Crippen LogP contribution in [0.5, 0.6) is 0 Å². The Balaban J connectivity index is 2.05. The molecule has 0 amide bonds. The van der Waals surface area contributed by atoms with Gasteiger partial charge in [0.25, 0.3) is 0 Å². The van der Waals surface area contributed by atoms with E-state index in [1.165, 1.54) is 0 Å². The summed E-state index contributed by atoms with van der Waals surface area (Å²) in [6.45, 7) is 3.53. The van der Waals surface area contributed by atoms with Crippen LogP contribution in [0.3, 0.4) is 0 Å². The zero-order valence-electron chi connectivity index (χ0n) is 11.2. The minimum absolute atomic E-state index is 0.737. The Morgan fingerprint density at radius 2 is 2.00 bits per heavy atom. The molecule has 2 N–H and O–H groups in total. The molecule has 0 aliphatic carbocycles. The highest BCUT2D eigenvalue weighted by Crippen LogP contribution is 2.20. The summed E-state index contributed by atoms with van der Waals surface area (Å²) >= 11 is 6.17. The van der Waals surface area contributed by atoms with E-state index in [1.807, 2.05) is 50.4 Å². The van der Waals surface area contributed by atoms with Gasteiger partial charge in [-0.1, -0.05) is 17.7 Å². The normalized spacial score (nSPS) is 10.9. The van der Waals surface area contributed by atoms with Crippen molar-refractivity contribution in [3.05, 3.63) is 58.4 Å². The molecule has 0 atom stereocenters. The van der Waals surface area contributed by atoms with Crippen LogP contribution >= 0.6 is 11.6 Å². The van der Waals surface area contributed by atoms with Gasteiger partial charge in [-0.3, -0.25) is 9.88 Å². The second-order valence-corrected chi connectivity index (χ2v) is 5.20. The first-order chi connectivity index (χ1) is 9.04. The maximum Gasteiger partial charge on any atom is 0.0547 e. The predicted molar refractivity (Wildman–Crippen MR) is 80.0 cm³/mol. The molecule has 0 fully saturated rings. The van der Waals surface area contributed by atoms with E-state index in [4.69, 9.17) is 17.3 Å². The van der Waals surface area contributed by atoms with Crippen molar-refractivity contribution in [1.29, 1.82) is 0 Å². The van der Waals surface area contributed by atoms with Crippen LogP contribution in [0, 0.1) is 6.92 Å². The molecule has 0 spiro atoms. The van der Waals surface area contributed by atoms with Crippen molar-refractivity contribution in [2.24, 2.45) is 0 Å². The van der Waals surface area contributed by atoms with Gasteiger partial charge in [-0.25, -0.2) is 0 Å². The first-order valence-corrected chi connectivity index (χ1v) is 6.57. The van der Waals surface area contributed by atoms with Crippen molar-refractivity contribution >= 4 is 17.3 Å². The predicted octanol–water partition coefficient (Wildman–Crippen LogP) is 3.26. The molecule has 0 unspecified atom stereocenters. The van der Waals surface area contributed by atoms with Crippen molar-refractivity contribution in [3.8, 4) is 0 Å². The van der Waals surface area contributed by atoms with Crippen molar-refractivity contribution < 1.29 is 0 Å². The van der Waals surface area contributed by atoms with E-state index < -0.39 is 0 Å². The summed E-state index contributed by atoms with van der Waals surface area (Å²) in [5.74, 6) is 0. The Morgan fingerprint density at radius 3 is 2.74 bits per heavy atom. The number of halogens is 1. The topological polar surface area (TPSA) is 42.1 Å². The van der Waals surface area contributed by atoms with Gasteiger partial charge in [0.2, 0.25) is 0 Å². The van der Waals surface area contributed by atoms with Gasteiger partial charge in [0.15, 0.2) is 0 Å². The van der Waals surface area contributed by atoms with Gasteiger partial charge in [0.05, 0.1) is 5.69 Å². The lowest BCUT2D eigenvalue weighted by Gasteiger charge is -2.17. The molecule has 1 heterocycles. The van der Waals surface area contributed by atoms with Crippen LogP contribution in [0.25, 0.3) is 0 Å². The van der Waals surface area contributed by atoms with Gasteiger partial charge in [-0.15, -0.1) is 0 Å². The van der Waals surface area contributed by atoms with Crippen molar-refractivity contribution in [3.63, 3.8) is 0 Å². The van der Waals surface area contributed by atoms with E-state index in [1.54, 1.807) is 0 Å². The van der Waals surface area contributed by atoms with E-state index in [-0.39, 0.29) is 0 Å². The van der Waals surface area contributed by atoms with Gasteiger partial charge in [0.1, 0.15) is 0 Å². The van der Waals surface area contributed by atoms with Gasteiger partial charge >= 0.3 is 0 Å². The first-order valence-electron chi connectivity index (χ1n) is 6.19. The molecule has 2 aromatic rings. The van der Waals surface area contributed by atoms with E-state index in [0.29, 0.717) is 0 Å². The van der Waals surface area contributed by atoms with Crippen molar-refractivity contribution in [1.82, 2.24) is 9.88 Å². The average Bonchev–Trinajstić information content (AvgIpc) is 2.34. The van der Waals surface area contributed by atoms with Crippen LogP contribution in [-0.2, 0) is 13.1 Å². The zero-order chi connectivity index (χ0) is 13.8. The number of benzene rings is 1. The van der Waals surface area contributed by atoms with Crippen LogP contribution in [0.2, 0.25) is 5.02 Å². The van der Waals surface area contributed by atoms with E-state index >= 15 is 0 Å². The maximum atomic E-state index is 6.17. The third-order valence-corrected chi connectivity index (χ3v) is 3.26. The van der Waals surface area contributed by atoms with Crippen LogP contribution < -0.4 is 5.73 Å².